The maximum absolute atomic E-state index is 13.1. The van der Waals surface area contributed by atoms with Gasteiger partial charge >= 0.3 is 0 Å². The number of nitrogens with one attached hydrogen (secondary N) is 1. The number of nitrogens with zero attached hydrogens (tertiary/aromatic N) is 2. The van der Waals surface area contributed by atoms with Gasteiger partial charge < -0.3 is 10.4 Å². The second-order valence-corrected chi connectivity index (χ2v) is 5.40. The third-order valence-corrected chi connectivity index (χ3v) is 3.78. The molecule has 0 unspecified atom stereocenters. The normalized spacial score (nSPS) is 11.2. The molecule has 0 aliphatic rings. The van der Waals surface area contributed by atoms with Gasteiger partial charge in [0.25, 0.3) is 0 Å². The lowest BCUT2D eigenvalue weighted by Gasteiger charge is -2.07. The summed E-state index contributed by atoms with van der Waals surface area (Å²) in [4.78, 5) is 0. The smallest absolute Gasteiger partial charge is 0.194 e. The number of rotatable bonds is 7. The van der Waals surface area contributed by atoms with Crippen molar-refractivity contribution in [1.29, 1.82) is 0 Å². The number of halogens is 3. The van der Waals surface area contributed by atoms with E-state index in [0.29, 0.717) is 31.6 Å². The molecular weight excluding hydrogens is 307 g/mol. The first-order chi connectivity index (χ1) is 10.9. The minimum Gasteiger partial charge on any atom is -0.394 e. The molecule has 7 heteroatoms. The first-order valence-corrected chi connectivity index (χ1v) is 7.42. The Hall–Kier alpha value is -1.86. The fraction of sp³-hybridized carbons (Fsp3) is 0.438. The van der Waals surface area contributed by atoms with Crippen LogP contribution in [-0.2, 0) is 19.5 Å². The zero-order valence-corrected chi connectivity index (χ0v) is 13.2. The van der Waals surface area contributed by atoms with E-state index < -0.39 is 17.5 Å². The maximum atomic E-state index is 13.1. The second-order valence-electron chi connectivity index (χ2n) is 5.40. The lowest BCUT2D eigenvalue weighted by Crippen LogP contribution is -2.18. The number of hydrogen-bond acceptors (Lipinski definition) is 3. The molecule has 4 nitrogen and oxygen atoms in total. The maximum Gasteiger partial charge on any atom is 0.194 e. The molecule has 0 saturated carbocycles. The highest BCUT2D eigenvalue weighted by Crippen LogP contribution is 2.15. The molecule has 1 aromatic carbocycles. The number of benzene rings is 1. The van der Waals surface area contributed by atoms with Gasteiger partial charge in [-0.15, -0.1) is 0 Å². The van der Waals surface area contributed by atoms with E-state index in [1.165, 1.54) is 0 Å². The summed E-state index contributed by atoms with van der Waals surface area (Å²) in [6, 6.07) is 2.02. The predicted molar refractivity (Wildman–Crippen MR) is 80.5 cm³/mol. The average molecular weight is 327 g/mol. The molecule has 0 amide bonds. The molecule has 0 radical (unpaired) electrons. The van der Waals surface area contributed by atoms with Crippen molar-refractivity contribution in [2.75, 3.05) is 13.2 Å². The molecule has 1 heterocycles. The molecule has 0 bridgehead atoms. The lowest BCUT2D eigenvalue weighted by atomic mass is 10.1. The van der Waals surface area contributed by atoms with E-state index in [9.17, 15) is 13.2 Å². The van der Waals surface area contributed by atoms with Gasteiger partial charge in [-0.05, 0) is 44.5 Å². The zero-order valence-electron chi connectivity index (χ0n) is 13.2. The SMILES string of the molecule is Cc1nn(CCO)c(C)c1CNCCc1cc(F)c(F)c(F)c1. The molecule has 0 aliphatic heterocycles. The first-order valence-electron chi connectivity index (χ1n) is 7.42. The monoisotopic (exact) mass is 327 g/mol. The molecule has 2 aromatic rings. The third kappa shape index (κ3) is 4.11. The molecule has 0 aliphatic carbocycles. The summed E-state index contributed by atoms with van der Waals surface area (Å²) in [6.45, 7) is 5.35. The van der Waals surface area contributed by atoms with Crippen molar-refractivity contribution < 1.29 is 18.3 Å². The standard InChI is InChI=1S/C16H20F3N3O/c1-10-13(11(2)22(21-10)5-6-23)9-20-4-3-12-7-14(17)16(19)15(18)8-12/h7-8,20,23H,3-6,9H2,1-2H3. The third-order valence-electron chi connectivity index (χ3n) is 3.78. The Balaban J connectivity index is 1.91. The molecule has 2 rings (SSSR count). The highest BCUT2D eigenvalue weighted by Gasteiger charge is 2.12. The van der Waals surface area contributed by atoms with Crippen LogP contribution in [0.2, 0.25) is 0 Å². The molecule has 0 atom stereocenters. The van der Waals surface area contributed by atoms with Crippen LogP contribution in [0.15, 0.2) is 12.1 Å². The van der Waals surface area contributed by atoms with Crippen LogP contribution < -0.4 is 5.32 Å². The first kappa shape index (κ1) is 17.5. The molecule has 0 saturated heterocycles. The van der Waals surface area contributed by atoms with Gasteiger partial charge in [0.15, 0.2) is 17.5 Å². The van der Waals surface area contributed by atoms with Crippen LogP contribution in [0.1, 0.15) is 22.5 Å². The lowest BCUT2D eigenvalue weighted by molar-refractivity contribution is 0.267. The molecular formula is C16H20F3N3O. The fourth-order valence-electron chi connectivity index (χ4n) is 2.50. The van der Waals surface area contributed by atoms with E-state index in [4.69, 9.17) is 5.11 Å². The average Bonchev–Trinajstić information content (AvgIpc) is 2.76. The van der Waals surface area contributed by atoms with Gasteiger partial charge in [0, 0.05) is 17.8 Å². The summed E-state index contributed by atoms with van der Waals surface area (Å²) in [5.41, 5.74) is 3.29. The summed E-state index contributed by atoms with van der Waals surface area (Å²) in [5.74, 6) is -3.78. The van der Waals surface area contributed by atoms with Crippen LogP contribution in [0.25, 0.3) is 0 Å². The molecule has 0 fully saturated rings. The van der Waals surface area contributed by atoms with Crippen LogP contribution >= 0.6 is 0 Å². The number of aromatic nitrogens is 2. The number of aryl methyl sites for hydroxylation is 1. The summed E-state index contributed by atoms with van der Waals surface area (Å²) >= 11 is 0. The van der Waals surface area contributed by atoms with Crippen molar-refractivity contribution in [1.82, 2.24) is 15.1 Å². The Morgan fingerprint density at radius 1 is 1.17 bits per heavy atom. The predicted octanol–water partition coefficient (Wildman–Crippen LogP) is 2.24. The highest BCUT2D eigenvalue weighted by molar-refractivity contribution is 5.24. The van der Waals surface area contributed by atoms with Crippen molar-refractivity contribution in [3.63, 3.8) is 0 Å². The Kier molecular flexibility index (Phi) is 5.79. The van der Waals surface area contributed by atoms with Crippen LogP contribution in [0.4, 0.5) is 13.2 Å². The van der Waals surface area contributed by atoms with Crippen molar-refractivity contribution in [2.45, 2.75) is 33.4 Å². The van der Waals surface area contributed by atoms with Gasteiger partial charge in [-0.2, -0.15) is 5.10 Å². The quantitative estimate of drug-likeness (QED) is 0.606. The van der Waals surface area contributed by atoms with E-state index in [-0.39, 0.29) is 6.61 Å². The summed E-state index contributed by atoms with van der Waals surface area (Å²) < 4.78 is 40.9. The van der Waals surface area contributed by atoms with Crippen LogP contribution in [0.3, 0.4) is 0 Å². The Morgan fingerprint density at radius 2 is 1.83 bits per heavy atom. The Labute approximate surface area is 132 Å². The minimum atomic E-state index is -1.44. The number of aliphatic hydroxyl groups is 1. The zero-order chi connectivity index (χ0) is 17.0. The van der Waals surface area contributed by atoms with E-state index in [2.05, 4.69) is 10.4 Å². The van der Waals surface area contributed by atoms with E-state index in [1.807, 2.05) is 13.8 Å². The summed E-state index contributed by atoms with van der Waals surface area (Å²) in [6.07, 6.45) is 0.386. The van der Waals surface area contributed by atoms with Gasteiger partial charge in [0.05, 0.1) is 18.8 Å². The number of aliphatic hydroxyl groups excluding tert-OH is 1. The van der Waals surface area contributed by atoms with Gasteiger partial charge in [-0.25, -0.2) is 13.2 Å². The topological polar surface area (TPSA) is 50.1 Å². The second kappa shape index (κ2) is 7.61. The van der Waals surface area contributed by atoms with Crippen LogP contribution in [0.5, 0.6) is 0 Å². The van der Waals surface area contributed by atoms with Gasteiger partial charge in [0.2, 0.25) is 0 Å². The largest absolute Gasteiger partial charge is 0.394 e. The summed E-state index contributed by atoms with van der Waals surface area (Å²) in [7, 11) is 0. The number of hydrogen-bond donors (Lipinski definition) is 2. The van der Waals surface area contributed by atoms with Gasteiger partial charge in [-0.3, -0.25) is 4.68 Å². The van der Waals surface area contributed by atoms with E-state index >= 15 is 0 Å². The van der Waals surface area contributed by atoms with E-state index in [1.54, 1.807) is 4.68 Å². The molecule has 23 heavy (non-hydrogen) atoms. The highest BCUT2D eigenvalue weighted by atomic mass is 19.2. The van der Waals surface area contributed by atoms with Crippen LogP contribution in [0, 0.1) is 31.3 Å². The van der Waals surface area contributed by atoms with Crippen LogP contribution in [-0.4, -0.2) is 28.0 Å². The molecule has 2 N–H and O–H groups in total. The van der Waals surface area contributed by atoms with Crippen molar-refractivity contribution in [3.8, 4) is 0 Å². The van der Waals surface area contributed by atoms with Gasteiger partial charge in [0.1, 0.15) is 0 Å². The summed E-state index contributed by atoms with van der Waals surface area (Å²) in [5, 5.41) is 16.5. The van der Waals surface area contributed by atoms with E-state index in [0.717, 1.165) is 29.1 Å². The van der Waals surface area contributed by atoms with Crippen molar-refractivity contribution >= 4 is 0 Å². The van der Waals surface area contributed by atoms with Gasteiger partial charge in [-0.1, -0.05) is 0 Å². The molecule has 126 valence electrons. The fourth-order valence-corrected chi connectivity index (χ4v) is 2.50. The Bertz CT molecular complexity index is 662. The van der Waals surface area contributed by atoms with Crippen molar-refractivity contribution in [3.05, 3.63) is 52.1 Å². The Morgan fingerprint density at radius 3 is 2.43 bits per heavy atom. The minimum absolute atomic E-state index is 0.0243. The molecule has 0 spiro atoms. The van der Waals surface area contributed by atoms with Crippen molar-refractivity contribution in [2.24, 2.45) is 0 Å². The molecule has 1 aromatic heterocycles.